The average Bonchev–Trinajstić information content (AvgIpc) is 2.37. The minimum absolute atomic E-state index is 0.674. The molecule has 0 atom stereocenters. The molecule has 0 amide bonds. The van der Waals surface area contributed by atoms with Gasteiger partial charge in [-0.1, -0.05) is 23.8 Å². The van der Waals surface area contributed by atoms with Crippen LogP contribution in [-0.4, -0.2) is 24.6 Å². The van der Waals surface area contributed by atoms with E-state index in [9.17, 15) is 0 Å². The van der Waals surface area contributed by atoms with Crippen LogP contribution in [0.2, 0.25) is 5.02 Å². The molecule has 1 aliphatic heterocycles. The Kier molecular flexibility index (Phi) is 4.01. The fraction of sp³-hybridized carbons (Fsp3) is 0.250. The van der Waals surface area contributed by atoms with Crippen molar-refractivity contribution in [1.82, 2.24) is 5.48 Å². The van der Waals surface area contributed by atoms with E-state index in [-0.39, 0.29) is 0 Å². The first-order valence-corrected chi connectivity index (χ1v) is 5.80. The maximum Gasteiger partial charge on any atom is 0.113 e. The second-order valence-electron chi connectivity index (χ2n) is 3.73. The number of anilines is 1. The monoisotopic (exact) mass is 251 g/mol. The van der Waals surface area contributed by atoms with Crippen LogP contribution >= 0.6 is 11.6 Å². The Labute approximate surface area is 105 Å². The Morgan fingerprint density at radius 2 is 2.29 bits per heavy atom. The molecule has 4 nitrogen and oxygen atoms in total. The van der Waals surface area contributed by atoms with E-state index < -0.39 is 0 Å². The second-order valence-corrected chi connectivity index (χ2v) is 4.14. The Bertz CT molecular complexity index is 445. The zero-order chi connectivity index (χ0) is 12.1. The molecule has 0 saturated carbocycles. The third-order valence-corrected chi connectivity index (χ3v) is 2.90. The highest BCUT2D eigenvalue weighted by molar-refractivity contribution is 6.33. The highest BCUT2D eigenvalue weighted by Crippen LogP contribution is 2.30. The van der Waals surface area contributed by atoms with Crippen molar-refractivity contribution < 1.29 is 5.21 Å². The molecule has 5 heteroatoms. The summed E-state index contributed by atoms with van der Waals surface area (Å²) in [6, 6.07) is 5.60. The normalized spacial score (nSPS) is 15.5. The molecule has 0 fully saturated rings. The molecule has 0 bridgehead atoms. The quantitative estimate of drug-likeness (QED) is 0.376. The number of halogens is 1. The summed E-state index contributed by atoms with van der Waals surface area (Å²) in [4.78, 5) is 6.19. The summed E-state index contributed by atoms with van der Waals surface area (Å²) in [5.74, 6) is 0. The van der Waals surface area contributed by atoms with Crippen molar-refractivity contribution in [3.8, 4) is 0 Å². The fourth-order valence-electron chi connectivity index (χ4n) is 1.80. The van der Waals surface area contributed by atoms with E-state index in [1.807, 2.05) is 17.6 Å². The van der Waals surface area contributed by atoms with Crippen LogP contribution in [0.4, 0.5) is 11.4 Å². The van der Waals surface area contributed by atoms with E-state index in [4.69, 9.17) is 16.8 Å². The second kappa shape index (κ2) is 5.70. The van der Waals surface area contributed by atoms with Crippen LogP contribution in [0, 0.1) is 0 Å². The van der Waals surface area contributed by atoms with E-state index in [1.54, 1.807) is 6.07 Å². The number of aliphatic imine (C=N–C) groups is 1. The van der Waals surface area contributed by atoms with Gasteiger partial charge in [0.2, 0.25) is 0 Å². The number of hydrogen-bond donors (Lipinski definition) is 2. The van der Waals surface area contributed by atoms with E-state index in [2.05, 4.69) is 22.0 Å². The van der Waals surface area contributed by atoms with Crippen molar-refractivity contribution in [2.45, 2.75) is 6.42 Å². The molecule has 1 aromatic carbocycles. The van der Waals surface area contributed by atoms with Gasteiger partial charge in [0.15, 0.2) is 0 Å². The molecule has 0 aromatic heterocycles. The van der Waals surface area contributed by atoms with E-state index >= 15 is 0 Å². The van der Waals surface area contributed by atoms with Crippen molar-refractivity contribution in [2.75, 3.05) is 18.0 Å². The molecule has 1 aromatic rings. The summed E-state index contributed by atoms with van der Waals surface area (Å²) < 4.78 is 0. The molecule has 1 heterocycles. The minimum Gasteiger partial charge on any atom is -0.366 e. The van der Waals surface area contributed by atoms with Crippen LogP contribution in [-0.2, 0) is 0 Å². The molecule has 2 rings (SSSR count). The molecule has 17 heavy (non-hydrogen) atoms. The van der Waals surface area contributed by atoms with Gasteiger partial charge in [-0.25, -0.2) is 4.99 Å². The predicted molar refractivity (Wildman–Crippen MR) is 70.5 cm³/mol. The van der Waals surface area contributed by atoms with Gasteiger partial charge in [0.1, 0.15) is 6.34 Å². The lowest BCUT2D eigenvalue weighted by Gasteiger charge is -2.26. The highest BCUT2D eigenvalue weighted by Gasteiger charge is 2.11. The topological polar surface area (TPSA) is 47.9 Å². The third-order valence-electron chi connectivity index (χ3n) is 2.60. The van der Waals surface area contributed by atoms with Crippen LogP contribution in [0.5, 0.6) is 0 Å². The Hall–Kier alpha value is -1.52. The molecule has 0 unspecified atom stereocenters. The lowest BCUT2D eigenvalue weighted by Crippen LogP contribution is -2.26. The number of benzene rings is 1. The Morgan fingerprint density at radius 3 is 2.94 bits per heavy atom. The van der Waals surface area contributed by atoms with Crippen molar-refractivity contribution >= 4 is 29.3 Å². The SMILES string of the molecule is ONC=Nc1ccc(N2CC=CCC2)c(Cl)c1. The molecule has 0 aliphatic carbocycles. The van der Waals surface area contributed by atoms with Gasteiger partial charge in [0, 0.05) is 13.1 Å². The number of rotatable bonds is 3. The smallest absolute Gasteiger partial charge is 0.113 e. The van der Waals surface area contributed by atoms with Crippen molar-refractivity contribution in [3.63, 3.8) is 0 Å². The Morgan fingerprint density at radius 1 is 1.41 bits per heavy atom. The number of hydroxylamine groups is 1. The molecule has 0 radical (unpaired) electrons. The zero-order valence-corrected chi connectivity index (χ0v) is 10.1. The standard InChI is InChI=1S/C12H14ClN3O/c13-11-8-10(14-9-15-17)4-5-12(11)16-6-2-1-3-7-16/h1-2,4-5,8-9,17H,3,6-7H2,(H,14,15). The molecule has 1 aliphatic rings. The number of nitrogens with one attached hydrogen (secondary N) is 1. The predicted octanol–water partition coefficient (Wildman–Crippen LogP) is 2.74. The Balaban J connectivity index is 2.19. The van der Waals surface area contributed by atoms with Gasteiger partial charge < -0.3 is 4.90 Å². The molecule has 90 valence electrons. The summed E-state index contributed by atoms with van der Waals surface area (Å²) >= 11 is 6.22. The minimum atomic E-state index is 0.674. The summed E-state index contributed by atoms with van der Waals surface area (Å²) in [6.45, 7) is 1.87. The molecule has 0 spiro atoms. The number of hydrogen-bond acceptors (Lipinski definition) is 3. The third kappa shape index (κ3) is 2.99. The summed E-state index contributed by atoms with van der Waals surface area (Å²) in [5, 5.41) is 9.08. The average molecular weight is 252 g/mol. The summed E-state index contributed by atoms with van der Waals surface area (Å²) in [6.07, 6.45) is 6.57. The van der Waals surface area contributed by atoms with Gasteiger partial charge in [0.05, 0.1) is 16.4 Å². The van der Waals surface area contributed by atoms with Crippen LogP contribution in [0.25, 0.3) is 0 Å². The molecule has 0 saturated heterocycles. The summed E-state index contributed by atoms with van der Waals surface area (Å²) in [5.41, 5.74) is 3.58. The van der Waals surface area contributed by atoms with E-state index in [1.165, 1.54) is 6.34 Å². The molecular formula is C12H14ClN3O. The first kappa shape index (κ1) is 12.0. The lowest BCUT2D eigenvalue weighted by atomic mass is 10.2. The van der Waals surface area contributed by atoms with Crippen molar-refractivity contribution in [1.29, 1.82) is 0 Å². The van der Waals surface area contributed by atoms with Crippen LogP contribution in [0.3, 0.4) is 0 Å². The molecular weight excluding hydrogens is 238 g/mol. The summed E-state index contributed by atoms with van der Waals surface area (Å²) in [7, 11) is 0. The van der Waals surface area contributed by atoms with Crippen molar-refractivity contribution in [2.24, 2.45) is 4.99 Å². The van der Waals surface area contributed by atoms with Crippen LogP contribution in [0.1, 0.15) is 6.42 Å². The highest BCUT2D eigenvalue weighted by atomic mass is 35.5. The largest absolute Gasteiger partial charge is 0.366 e. The lowest BCUT2D eigenvalue weighted by molar-refractivity contribution is 0.240. The zero-order valence-electron chi connectivity index (χ0n) is 9.31. The first-order chi connectivity index (χ1) is 8.31. The van der Waals surface area contributed by atoms with Gasteiger partial charge in [-0.3, -0.25) is 10.7 Å². The van der Waals surface area contributed by atoms with E-state index in [0.29, 0.717) is 10.7 Å². The fourth-order valence-corrected chi connectivity index (χ4v) is 2.09. The maximum absolute atomic E-state index is 8.41. The first-order valence-electron chi connectivity index (χ1n) is 5.43. The van der Waals surface area contributed by atoms with E-state index in [0.717, 1.165) is 25.2 Å². The van der Waals surface area contributed by atoms with Crippen molar-refractivity contribution in [3.05, 3.63) is 35.4 Å². The van der Waals surface area contributed by atoms with Gasteiger partial charge in [-0.05, 0) is 24.6 Å². The van der Waals surface area contributed by atoms with Gasteiger partial charge >= 0.3 is 0 Å². The van der Waals surface area contributed by atoms with Crippen LogP contribution in [0.15, 0.2) is 35.3 Å². The number of nitrogens with zero attached hydrogens (tertiary/aromatic N) is 2. The van der Waals surface area contributed by atoms with Gasteiger partial charge in [-0.15, -0.1) is 0 Å². The van der Waals surface area contributed by atoms with Gasteiger partial charge in [-0.2, -0.15) is 0 Å². The maximum atomic E-state index is 8.41. The van der Waals surface area contributed by atoms with Crippen LogP contribution < -0.4 is 10.4 Å². The molecule has 2 N–H and O–H groups in total. The van der Waals surface area contributed by atoms with Gasteiger partial charge in [0.25, 0.3) is 0 Å².